The Hall–Kier alpha value is -2.69. The van der Waals surface area contributed by atoms with Gasteiger partial charge in [0.25, 0.3) is 5.91 Å². The summed E-state index contributed by atoms with van der Waals surface area (Å²) in [4.78, 5) is 15.7. The van der Waals surface area contributed by atoms with Gasteiger partial charge < -0.3 is 5.73 Å². The van der Waals surface area contributed by atoms with E-state index in [1.54, 1.807) is 43.5 Å². The molecule has 0 aliphatic carbocycles. The summed E-state index contributed by atoms with van der Waals surface area (Å²) in [6.45, 7) is 1.80. The van der Waals surface area contributed by atoms with Gasteiger partial charge in [-0.2, -0.15) is 5.10 Å². The van der Waals surface area contributed by atoms with Gasteiger partial charge in [-0.1, -0.05) is 18.2 Å². The average Bonchev–Trinajstić information content (AvgIpc) is 2.45. The fourth-order valence-electron chi connectivity index (χ4n) is 1.52. The number of nitrogen functional groups attached to an aromatic ring is 1. The maximum absolute atomic E-state index is 11.7. The Morgan fingerprint density at radius 3 is 2.79 bits per heavy atom. The van der Waals surface area contributed by atoms with Gasteiger partial charge >= 0.3 is 0 Å². The third-order valence-electron chi connectivity index (χ3n) is 2.53. The number of benzene rings is 1. The van der Waals surface area contributed by atoms with E-state index in [2.05, 4.69) is 15.5 Å². The monoisotopic (exact) mass is 254 g/mol. The molecule has 0 fully saturated rings. The zero-order valence-corrected chi connectivity index (χ0v) is 10.5. The van der Waals surface area contributed by atoms with Gasteiger partial charge in [-0.25, -0.2) is 5.43 Å². The number of nitrogens with zero attached hydrogens (tertiary/aromatic N) is 2. The van der Waals surface area contributed by atoms with Gasteiger partial charge in [-0.05, 0) is 36.8 Å². The summed E-state index contributed by atoms with van der Waals surface area (Å²) in [5.41, 5.74) is 10.7. The second-order valence-corrected chi connectivity index (χ2v) is 3.98. The number of rotatable bonds is 3. The van der Waals surface area contributed by atoms with Crippen molar-refractivity contribution in [2.24, 2.45) is 5.10 Å². The van der Waals surface area contributed by atoms with Crippen LogP contribution in [0.4, 0.5) is 5.69 Å². The summed E-state index contributed by atoms with van der Waals surface area (Å²) < 4.78 is 0. The van der Waals surface area contributed by atoms with Crippen molar-refractivity contribution in [3.05, 3.63) is 59.9 Å². The van der Waals surface area contributed by atoms with Crippen molar-refractivity contribution >= 4 is 17.3 Å². The van der Waals surface area contributed by atoms with Crippen molar-refractivity contribution in [3.63, 3.8) is 0 Å². The number of carbonyl (C=O) groups excluding carboxylic acids is 1. The van der Waals surface area contributed by atoms with E-state index in [-0.39, 0.29) is 5.91 Å². The number of hydrogen-bond donors (Lipinski definition) is 2. The Balaban J connectivity index is 2.09. The predicted molar refractivity (Wildman–Crippen MR) is 74.8 cm³/mol. The molecule has 2 rings (SSSR count). The largest absolute Gasteiger partial charge is 0.399 e. The molecule has 5 nitrogen and oxygen atoms in total. The Bertz CT molecular complexity index is 608. The first kappa shape index (κ1) is 12.8. The van der Waals surface area contributed by atoms with Crippen molar-refractivity contribution < 1.29 is 4.79 Å². The molecule has 3 N–H and O–H groups in total. The number of pyridine rings is 1. The molecule has 2 aromatic rings. The molecule has 0 bridgehead atoms. The van der Waals surface area contributed by atoms with E-state index in [0.29, 0.717) is 17.1 Å². The van der Waals surface area contributed by atoms with E-state index in [9.17, 15) is 4.79 Å². The summed E-state index contributed by atoms with van der Waals surface area (Å²) in [6, 6.07) is 12.4. The molecule has 0 aliphatic rings. The van der Waals surface area contributed by atoms with E-state index >= 15 is 0 Å². The number of amides is 1. The van der Waals surface area contributed by atoms with Crippen molar-refractivity contribution in [3.8, 4) is 0 Å². The molecule has 1 heterocycles. The number of nitrogens with two attached hydrogens (primary N) is 1. The van der Waals surface area contributed by atoms with Gasteiger partial charge in [0.2, 0.25) is 0 Å². The maximum Gasteiger partial charge on any atom is 0.289 e. The Labute approximate surface area is 111 Å². The first-order chi connectivity index (χ1) is 9.16. The average molecular weight is 254 g/mol. The number of hydrogen-bond acceptors (Lipinski definition) is 4. The van der Waals surface area contributed by atoms with Gasteiger partial charge in [0.05, 0.1) is 5.71 Å². The number of anilines is 1. The molecule has 0 spiro atoms. The minimum atomic E-state index is -0.344. The SMILES string of the molecule is C/C(=N/NC(=O)c1ccccn1)c1cccc(N)c1. The van der Waals surface area contributed by atoms with E-state index in [4.69, 9.17) is 5.73 Å². The van der Waals surface area contributed by atoms with Crippen LogP contribution in [-0.2, 0) is 0 Å². The lowest BCUT2D eigenvalue weighted by Crippen LogP contribution is -2.20. The molecule has 0 saturated heterocycles. The second kappa shape index (κ2) is 5.77. The fraction of sp³-hybridized carbons (Fsp3) is 0.0714. The third kappa shape index (κ3) is 3.38. The Morgan fingerprint density at radius 2 is 2.11 bits per heavy atom. The maximum atomic E-state index is 11.7. The quantitative estimate of drug-likeness (QED) is 0.498. The van der Waals surface area contributed by atoms with Gasteiger partial charge in [0, 0.05) is 11.9 Å². The van der Waals surface area contributed by atoms with Crippen LogP contribution in [0.2, 0.25) is 0 Å². The first-order valence-electron chi connectivity index (χ1n) is 5.78. The highest BCUT2D eigenvalue weighted by Gasteiger charge is 2.05. The number of aromatic nitrogens is 1. The molecule has 1 aromatic carbocycles. The van der Waals surface area contributed by atoms with Crippen molar-refractivity contribution in [1.29, 1.82) is 0 Å². The van der Waals surface area contributed by atoms with E-state index < -0.39 is 0 Å². The van der Waals surface area contributed by atoms with E-state index in [1.165, 1.54) is 0 Å². The van der Waals surface area contributed by atoms with Gasteiger partial charge in [0.1, 0.15) is 5.69 Å². The van der Waals surface area contributed by atoms with Gasteiger partial charge in [-0.3, -0.25) is 9.78 Å². The van der Waals surface area contributed by atoms with Crippen LogP contribution in [0.15, 0.2) is 53.8 Å². The molecule has 0 aliphatic heterocycles. The summed E-state index contributed by atoms with van der Waals surface area (Å²) in [6.07, 6.45) is 1.56. The smallest absolute Gasteiger partial charge is 0.289 e. The predicted octanol–water partition coefficient (Wildman–Crippen LogP) is 1.82. The van der Waals surface area contributed by atoms with Crippen molar-refractivity contribution in [2.45, 2.75) is 6.92 Å². The molecule has 96 valence electrons. The lowest BCUT2D eigenvalue weighted by atomic mass is 10.1. The first-order valence-corrected chi connectivity index (χ1v) is 5.78. The zero-order chi connectivity index (χ0) is 13.7. The minimum absolute atomic E-state index is 0.326. The fourth-order valence-corrected chi connectivity index (χ4v) is 1.52. The van der Waals surface area contributed by atoms with Crippen LogP contribution in [0.1, 0.15) is 23.0 Å². The van der Waals surface area contributed by atoms with Crippen LogP contribution in [-0.4, -0.2) is 16.6 Å². The standard InChI is InChI=1S/C14H14N4O/c1-10(11-5-4-6-12(15)9-11)17-18-14(19)13-7-2-3-8-16-13/h2-9H,15H2,1H3,(H,18,19)/b17-10-. The topological polar surface area (TPSA) is 80.4 Å². The molecule has 5 heteroatoms. The van der Waals surface area contributed by atoms with Gasteiger partial charge in [-0.15, -0.1) is 0 Å². The molecule has 0 radical (unpaired) electrons. The third-order valence-corrected chi connectivity index (χ3v) is 2.53. The number of hydrazone groups is 1. The molecule has 1 aromatic heterocycles. The summed E-state index contributed by atoms with van der Waals surface area (Å²) in [5, 5.41) is 4.03. The summed E-state index contributed by atoms with van der Waals surface area (Å²) >= 11 is 0. The van der Waals surface area contributed by atoms with E-state index in [0.717, 1.165) is 5.56 Å². The number of nitrogens with one attached hydrogen (secondary N) is 1. The molecular formula is C14H14N4O. The highest BCUT2D eigenvalue weighted by Crippen LogP contribution is 2.07. The minimum Gasteiger partial charge on any atom is -0.399 e. The summed E-state index contributed by atoms with van der Waals surface area (Å²) in [5.74, 6) is -0.344. The van der Waals surface area contributed by atoms with Crippen molar-refractivity contribution in [1.82, 2.24) is 10.4 Å². The van der Waals surface area contributed by atoms with Crippen LogP contribution in [0.5, 0.6) is 0 Å². The Morgan fingerprint density at radius 1 is 1.26 bits per heavy atom. The molecule has 0 saturated carbocycles. The summed E-state index contributed by atoms with van der Waals surface area (Å²) in [7, 11) is 0. The lowest BCUT2D eigenvalue weighted by Gasteiger charge is -2.03. The van der Waals surface area contributed by atoms with Crippen LogP contribution in [0, 0.1) is 0 Å². The molecule has 1 amide bonds. The normalized spacial score (nSPS) is 11.1. The number of carbonyl (C=O) groups is 1. The van der Waals surface area contributed by atoms with Gasteiger partial charge in [0.15, 0.2) is 0 Å². The van der Waals surface area contributed by atoms with Crippen LogP contribution in [0.25, 0.3) is 0 Å². The highest BCUT2D eigenvalue weighted by atomic mass is 16.2. The lowest BCUT2D eigenvalue weighted by molar-refractivity contribution is 0.0950. The zero-order valence-electron chi connectivity index (χ0n) is 10.5. The Kier molecular flexibility index (Phi) is 3.87. The van der Waals surface area contributed by atoms with Crippen LogP contribution in [0.3, 0.4) is 0 Å². The van der Waals surface area contributed by atoms with Crippen molar-refractivity contribution in [2.75, 3.05) is 5.73 Å². The highest BCUT2D eigenvalue weighted by molar-refractivity contribution is 6.00. The molecule has 19 heavy (non-hydrogen) atoms. The molecular weight excluding hydrogens is 240 g/mol. The molecule has 0 atom stereocenters. The van der Waals surface area contributed by atoms with Crippen LogP contribution < -0.4 is 11.2 Å². The second-order valence-electron chi connectivity index (χ2n) is 3.98. The van der Waals surface area contributed by atoms with E-state index in [1.807, 2.05) is 12.1 Å². The van der Waals surface area contributed by atoms with Crippen LogP contribution >= 0.6 is 0 Å². The molecule has 0 unspecified atom stereocenters.